The molecule has 0 bridgehead atoms. The van der Waals surface area contributed by atoms with Crippen LogP contribution in [0.4, 0.5) is 0 Å². The number of hydrogen-bond donors (Lipinski definition) is 1. The molecule has 2 fully saturated rings. The second kappa shape index (κ2) is 5.10. The molecule has 2 nitrogen and oxygen atoms in total. The first-order valence-electron chi connectivity index (χ1n) is 7.12. The van der Waals surface area contributed by atoms with E-state index >= 15 is 0 Å². The minimum Gasteiger partial charge on any atom is -0.598 e. The van der Waals surface area contributed by atoms with E-state index in [2.05, 4.69) is 25.5 Å². The molecule has 2 rings (SSSR count). The Morgan fingerprint density at radius 1 is 1.06 bits per heavy atom. The van der Waals surface area contributed by atoms with Gasteiger partial charge in [-0.2, -0.15) is 0 Å². The van der Waals surface area contributed by atoms with Crippen LogP contribution in [0.1, 0.15) is 72.1 Å². The quantitative estimate of drug-likeness (QED) is 0.768. The van der Waals surface area contributed by atoms with Gasteiger partial charge >= 0.3 is 0 Å². The Hall–Kier alpha value is 0.270. The molecule has 2 saturated carbocycles. The first-order chi connectivity index (χ1) is 7.94. The van der Waals surface area contributed by atoms with Gasteiger partial charge in [0.25, 0.3) is 0 Å². The second-order valence-corrected chi connectivity index (χ2v) is 8.86. The lowest BCUT2D eigenvalue weighted by molar-refractivity contribution is 0.162. The molecule has 0 aromatic carbocycles. The molecule has 0 saturated heterocycles. The minimum atomic E-state index is -0.905. The van der Waals surface area contributed by atoms with Crippen molar-refractivity contribution in [1.82, 2.24) is 4.72 Å². The van der Waals surface area contributed by atoms with Crippen LogP contribution in [-0.4, -0.2) is 15.3 Å². The van der Waals surface area contributed by atoms with Crippen molar-refractivity contribution >= 4 is 11.4 Å². The zero-order valence-electron chi connectivity index (χ0n) is 11.6. The zero-order valence-corrected chi connectivity index (χ0v) is 12.4. The van der Waals surface area contributed by atoms with Crippen molar-refractivity contribution in [2.75, 3.05) is 0 Å². The van der Waals surface area contributed by atoms with Crippen molar-refractivity contribution in [2.45, 2.75) is 82.9 Å². The molecule has 0 heterocycles. The van der Waals surface area contributed by atoms with E-state index in [-0.39, 0.29) is 4.75 Å². The smallest absolute Gasteiger partial charge is 0.136 e. The molecule has 2 atom stereocenters. The van der Waals surface area contributed by atoms with Gasteiger partial charge in [0, 0.05) is 11.4 Å². The fourth-order valence-electron chi connectivity index (χ4n) is 3.48. The van der Waals surface area contributed by atoms with Crippen LogP contribution >= 0.6 is 0 Å². The van der Waals surface area contributed by atoms with Gasteiger partial charge in [0.1, 0.15) is 4.75 Å². The fourth-order valence-corrected chi connectivity index (χ4v) is 4.46. The highest BCUT2D eigenvalue weighted by molar-refractivity contribution is 7.90. The fraction of sp³-hybridized carbons (Fsp3) is 1.00. The van der Waals surface area contributed by atoms with Gasteiger partial charge in [-0.15, -0.1) is 4.72 Å². The van der Waals surface area contributed by atoms with Crippen LogP contribution in [0.5, 0.6) is 0 Å². The summed E-state index contributed by atoms with van der Waals surface area (Å²) in [6.45, 7) is 6.16. The molecule has 17 heavy (non-hydrogen) atoms. The van der Waals surface area contributed by atoms with Gasteiger partial charge in [0.2, 0.25) is 0 Å². The van der Waals surface area contributed by atoms with Crippen LogP contribution in [0.2, 0.25) is 0 Å². The van der Waals surface area contributed by atoms with Gasteiger partial charge in [0.15, 0.2) is 0 Å². The Morgan fingerprint density at radius 2 is 1.65 bits per heavy atom. The van der Waals surface area contributed by atoms with Crippen molar-refractivity contribution < 1.29 is 4.55 Å². The predicted molar refractivity (Wildman–Crippen MR) is 74.2 cm³/mol. The van der Waals surface area contributed by atoms with E-state index < -0.39 is 11.4 Å². The van der Waals surface area contributed by atoms with Crippen LogP contribution in [0.15, 0.2) is 0 Å². The Bertz CT molecular complexity index is 255. The summed E-state index contributed by atoms with van der Waals surface area (Å²) >= 11 is -0.905. The lowest BCUT2D eigenvalue weighted by Crippen LogP contribution is -2.50. The Labute approximate surface area is 109 Å². The van der Waals surface area contributed by atoms with Crippen LogP contribution in [-0.2, 0) is 11.4 Å². The summed E-state index contributed by atoms with van der Waals surface area (Å²) in [6, 6.07) is 0.503. The summed E-state index contributed by atoms with van der Waals surface area (Å²) in [5.74, 6) is 0. The molecule has 0 aromatic heterocycles. The van der Waals surface area contributed by atoms with Crippen LogP contribution < -0.4 is 4.72 Å². The van der Waals surface area contributed by atoms with E-state index in [0.717, 1.165) is 0 Å². The summed E-state index contributed by atoms with van der Waals surface area (Å²) in [7, 11) is 0. The number of hydrogen-bond acceptors (Lipinski definition) is 2. The van der Waals surface area contributed by atoms with E-state index in [1.165, 1.54) is 51.4 Å². The molecular weight excluding hydrogens is 230 g/mol. The summed E-state index contributed by atoms with van der Waals surface area (Å²) in [6.07, 6.45) is 10.8. The zero-order chi connectivity index (χ0) is 12.5. The standard InChI is InChI=1S/C14H27NOS/c1-13(2,3)17(16)15-12-8-7-11-14(12)9-5-4-6-10-14/h12,15H,4-11H2,1-3H3/t12-,17?/m1/s1. The van der Waals surface area contributed by atoms with Gasteiger partial charge in [-0.25, -0.2) is 0 Å². The van der Waals surface area contributed by atoms with Gasteiger partial charge < -0.3 is 4.55 Å². The predicted octanol–water partition coefficient (Wildman–Crippen LogP) is 3.54. The third kappa shape index (κ3) is 2.99. The molecule has 0 aliphatic heterocycles. The Balaban J connectivity index is 1.99. The summed E-state index contributed by atoms with van der Waals surface area (Å²) in [5.41, 5.74) is 0.485. The molecule has 2 aliphatic carbocycles. The number of nitrogens with one attached hydrogen (secondary N) is 1. The van der Waals surface area contributed by atoms with Crippen molar-refractivity contribution in [3.8, 4) is 0 Å². The summed E-state index contributed by atoms with van der Waals surface area (Å²) in [5, 5.41) is 0. The van der Waals surface area contributed by atoms with Crippen molar-refractivity contribution in [2.24, 2.45) is 5.41 Å². The van der Waals surface area contributed by atoms with Crippen LogP contribution in [0.3, 0.4) is 0 Å². The Kier molecular flexibility index (Phi) is 4.11. The maximum atomic E-state index is 12.2. The maximum Gasteiger partial charge on any atom is 0.136 e. The molecule has 2 aliphatic rings. The molecule has 1 spiro atoms. The van der Waals surface area contributed by atoms with Gasteiger partial charge in [-0.05, 0) is 51.9 Å². The molecule has 1 N–H and O–H groups in total. The highest BCUT2D eigenvalue weighted by atomic mass is 32.2. The average Bonchev–Trinajstić information content (AvgIpc) is 2.61. The van der Waals surface area contributed by atoms with Gasteiger partial charge in [0.05, 0.1) is 6.04 Å². The average molecular weight is 257 g/mol. The third-order valence-electron chi connectivity index (χ3n) is 4.56. The molecule has 0 aromatic rings. The third-order valence-corrected chi connectivity index (χ3v) is 6.17. The van der Waals surface area contributed by atoms with E-state index in [4.69, 9.17) is 0 Å². The Morgan fingerprint density at radius 3 is 2.24 bits per heavy atom. The monoisotopic (exact) mass is 257 g/mol. The number of rotatable bonds is 2. The van der Waals surface area contributed by atoms with E-state index in [1.54, 1.807) is 0 Å². The van der Waals surface area contributed by atoms with Gasteiger partial charge in [-0.3, -0.25) is 0 Å². The molecule has 100 valence electrons. The molecule has 0 amide bonds. The van der Waals surface area contributed by atoms with Crippen molar-refractivity contribution in [3.63, 3.8) is 0 Å². The molecular formula is C14H27NOS. The molecule has 0 radical (unpaired) electrons. The molecule has 1 unspecified atom stereocenters. The lowest BCUT2D eigenvalue weighted by Gasteiger charge is -2.40. The summed E-state index contributed by atoms with van der Waals surface area (Å²) in [4.78, 5) is 0. The van der Waals surface area contributed by atoms with Crippen LogP contribution in [0, 0.1) is 5.41 Å². The highest BCUT2D eigenvalue weighted by Crippen LogP contribution is 2.49. The largest absolute Gasteiger partial charge is 0.598 e. The lowest BCUT2D eigenvalue weighted by atomic mass is 9.71. The van der Waals surface area contributed by atoms with E-state index in [0.29, 0.717) is 11.5 Å². The topological polar surface area (TPSA) is 35.1 Å². The summed E-state index contributed by atoms with van der Waals surface area (Å²) < 4.78 is 15.6. The van der Waals surface area contributed by atoms with Crippen molar-refractivity contribution in [1.29, 1.82) is 0 Å². The molecule has 3 heteroatoms. The first kappa shape index (κ1) is 13.7. The first-order valence-corrected chi connectivity index (χ1v) is 8.27. The second-order valence-electron chi connectivity index (χ2n) is 6.87. The highest BCUT2D eigenvalue weighted by Gasteiger charge is 2.46. The van der Waals surface area contributed by atoms with Crippen LogP contribution in [0.25, 0.3) is 0 Å². The van der Waals surface area contributed by atoms with Crippen molar-refractivity contribution in [3.05, 3.63) is 0 Å². The SMILES string of the molecule is CC(C)(C)[S+]([O-])N[C@@H]1CCCC12CCCCC2. The minimum absolute atomic E-state index is 0.140. The normalized spacial score (nSPS) is 30.7. The van der Waals surface area contributed by atoms with Gasteiger partial charge in [-0.1, -0.05) is 25.7 Å². The van der Waals surface area contributed by atoms with E-state index in [9.17, 15) is 4.55 Å². The van der Waals surface area contributed by atoms with E-state index in [1.807, 2.05) is 0 Å². The maximum absolute atomic E-state index is 12.2.